The Morgan fingerprint density at radius 2 is 2.50 bits per heavy atom. The Morgan fingerprint density at radius 3 is 3.10 bits per heavy atom. The van der Waals surface area contributed by atoms with Gasteiger partial charge in [0.05, 0.1) is 14.4 Å². The minimum absolute atomic E-state index is 0.770. The molecule has 0 aliphatic heterocycles. The predicted molar refractivity (Wildman–Crippen MR) is 53.8 cm³/mol. The van der Waals surface area contributed by atoms with E-state index in [4.69, 9.17) is 12.2 Å². The number of hydrogen-bond acceptors (Lipinski definition) is 2. The van der Waals surface area contributed by atoms with Gasteiger partial charge >= 0.3 is 0 Å². The maximum atomic E-state index is 4.98. The van der Waals surface area contributed by atoms with Crippen LogP contribution in [0.25, 0.3) is 0 Å². The largest absolute Gasteiger partial charge is 0.366 e. The highest BCUT2D eigenvalue weighted by Crippen LogP contribution is 2.10. The Balaban J connectivity index is 3.16. The van der Waals surface area contributed by atoms with Crippen molar-refractivity contribution in [1.82, 2.24) is 4.98 Å². The molecule has 0 fully saturated rings. The van der Waals surface area contributed by atoms with Crippen molar-refractivity contribution in [3.05, 3.63) is 23.0 Å². The SMILES string of the molecule is S=c1cc[nH]cc1N=CI. The summed E-state index contributed by atoms with van der Waals surface area (Å²) in [4.78, 5) is 6.94. The molecular weight excluding hydrogens is 259 g/mol. The van der Waals surface area contributed by atoms with E-state index in [9.17, 15) is 0 Å². The summed E-state index contributed by atoms with van der Waals surface area (Å²) in [5.41, 5.74) is 0.812. The first-order chi connectivity index (χ1) is 4.84. The smallest absolute Gasteiger partial charge is 0.0975 e. The van der Waals surface area contributed by atoms with Gasteiger partial charge in [0, 0.05) is 12.4 Å². The Morgan fingerprint density at radius 1 is 1.70 bits per heavy atom. The number of aromatic nitrogens is 1. The number of H-pyrrole nitrogens is 1. The fourth-order valence-corrected chi connectivity index (χ4v) is 1.04. The van der Waals surface area contributed by atoms with E-state index in [0.717, 1.165) is 10.2 Å². The molecule has 0 aromatic carbocycles. The normalized spacial score (nSPS) is 10.5. The Hall–Kier alpha value is -0.230. The second-order valence-electron chi connectivity index (χ2n) is 1.62. The second-order valence-corrected chi connectivity index (χ2v) is 2.62. The molecule has 2 nitrogen and oxygen atoms in total. The van der Waals surface area contributed by atoms with Crippen LogP contribution in [0.5, 0.6) is 0 Å². The van der Waals surface area contributed by atoms with Crippen LogP contribution >= 0.6 is 34.8 Å². The summed E-state index contributed by atoms with van der Waals surface area (Å²) < 4.78 is 2.46. The third-order valence-electron chi connectivity index (χ3n) is 0.991. The number of rotatable bonds is 1. The third-order valence-corrected chi connectivity index (χ3v) is 1.62. The maximum absolute atomic E-state index is 4.98. The van der Waals surface area contributed by atoms with E-state index in [2.05, 4.69) is 32.6 Å². The lowest BCUT2D eigenvalue weighted by Gasteiger charge is -1.89. The lowest BCUT2D eigenvalue weighted by atomic mass is 10.4. The van der Waals surface area contributed by atoms with E-state index in [0.29, 0.717) is 0 Å². The Labute approximate surface area is 77.5 Å². The zero-order valence-electron chi connectivity index (χ0n) is 5.04. The van der Waals surface area contributed by atoms with Crippen molar-refractivity contribution in [2.24, 2.45) is 4.99 Å². The van der Waals surface area contributed by atoms with Crippen LogP contribution in [0.4, 0.5) is 5.69 Å². The number of pyridine rings is 1. The molecule has 0 atom stereocenters. The fraction of sp³-hybridized carbons (Fsp3) is 0. The van der Waals surface area contributed by atoms with Crippen molar-refractivity contribution in [3.63, 3.8) is 0 Å². The molecule has 52 valence electrons. The van der Waals surface area contributed by atoms with Gasteiger partial charge in [-0.15, -0.1) is 0 Å². The van der Waals surface area contributed by atoms with Gasteiger partial charge in [-0.05, 0) is 28.7 Å². The summed E-state index contributed by atoms with van der Waals surface area (Å²) in [6, 6.07) is 1.81. The van der Waals surface area contributed by atoms with Crippen LogP contribution in [0.15, 0.2) is 23.5 Å². The molecular formula is C6H5IN2S. The first kappa shape index (κ1) is 7.87. The van der Waals surface area contributed by atoms with Crippen molar-refractivity contribution < 1.29 is 0 Å². The summed E-state index contributed by atoms with van der Waals surface area (Å²) in [5.74, 6) is 0. The molecule has 0 saturated carbocycles. The topological polar surface area (TPSA) is 28.1 Å². The zero-order chi connectivity index (χ0) is 7.40. The van der Waals surface area contributed by atoms with Crippen LogP contribution in [0.2, 0.25) is 0 Å². The lowest BCUT2D eigenvalue weighted by molar-refractivity contribution is 1.30. The van der Waals surface area contributed by atoms with Gasteiger partial charge in [0.15, 0.2) is 0 Å². The van der Waals surface area contributed by atoms with Crippen LogP contribution in [0, 0.1) is 4.51 Å². The van der Waals surface area contributed by atoms with Crippen molar-refractivity contribution in [2.45, 2.75) is 0 Å². The number of nitrogens with one attached hydrogen (secondary N) is 1. The first-order valence-electron chi connectivity index (χ1n) is 2.64. The molecule has 0 radical (unpaired) electrons. The number of halogens is 1. The van der Waals surface area contributed by atoms with Gasteiger partial charge in [-0.25, -0.2) is 4.99 Å². The van der Waals surface area contributed by atoms with Crippen LogP contribution in [0.3, 0.4) is 0 Å². The molecule has 1 aromatic heterocycles. The van der Waals surface area contributed by atoms with Gasteiger partial charge in [-0.3, -0.25) is 0 Å². The van der Waals surface area contributed by atoms with Gasteiger partial charge in [0.2, 0.25) is 0 Å². The molecule has 0 aliphatic rings. The fourth-order valence-electron chi connectivity index (χ4n) is 0.561. The number of aromatic amines is 1. The van der Waals surface area contributed by atoms with E-state index < -0.39 is 0 Å². The average molecular weight is 264 g/mol. The highest BCUT2D eigenvalue weighted by Gasteiger charge is 1.86. The molecule has 4 heteroatoms. The van der Waals surface area contributed by atoms with Gasteiger partial charge in [0.25, 0.3) is 0 Å². The van der Waals surface area contributed by atoms with Crippen LogP contribution in [0.1, 0.15) is 0 Å². The highest BCUT2D eigenvalue weighted by atomic mass is 127. The Kier molecular flexibility index (Phi) is 3.01. The Bertz CT molecular complexity index is 292. The molecule has 0 saturated heterocycles. The van der Waals surface area contributed by atoms with Crippen LogP contribution in [-0.4, -0.2) is 9.21 Å². The van der Waals surface area contributed by atoms with Crippen molar-refractivity contribution >= 4 is 44.7 Å². The van der Waals surface area contributed by atoms with Crippen molar-refractivity contribution in [2.75, 3.05) is 0 Å². The van der Waals surface area contributed by atoms with E-state index >= 15 is 0 Å². The van der Waals surface area contributed by atoms with Crippen LogP contribution < -0.4 is 0 Å². The quantitative estimate of drug-likeness (QED) is 0.471. The first-order valence-corrected chi connectivity index (χ1v) is 4.30. The summed E-state index contributed by atoms with van der Waals surface area (Å²) >= 11 is 7.04. The van der Waals surface area contributed by atoms with E-state index in [1.807, 2.05) is 6.07 Å². The minimum atomic E-state index is 0.770. The number of aliphatic imine (C=N–C) groups is 1. The monoisotopic (exact) mass is 264 g/mol. The molecule has 1 heterocycles. The molecule has 0 aliphatic carbocycles. The molecule has 0 bridgehead atoms. The zero-order valence-corrected chi connectivity index (χ0v) is 8.02. The van der Waals surface area contributed by atoms with E-state index in [1.165, 1.54) is 0 Å². The molecule has 1 rings (SSSR count). The molecule has 1 N–H and O–H groups in total. The van der Waals surface area contributed by atoms with Gasteiger partial charge in [-0.1, -0.05) is 12.2 Å². The van der Waals surface area contributed by atoms with E-state index in [-0.39, 0.29) is 0 Å². The number of hydrogen-bond donors (Lipinski definition) is 1. The third kappa shape index (κ3) is 1.88. The molecule has 1 aromatic rings. The summed E-state index contributed by atoms with van der Waals surface area (Å²) in [7, 11) is 0. The molecule has 0 unspecified atom stereocenters. The minimum Gasteiger partial charge on any atom is -0.366 e. The highest BCUT2D eigenvalue weighted by molar-refractivity contribution is 14.1. The summed E-state index contributed by atoms with van der Waals surface area (Å²) in [6.07, 6.45) is 3.56. The summed E-state index contributed by atoms with van der Waals surface area (Å²) in [5, 5.41) is 0. The lowest BCUT2D eigenvalue weighted by Crippen LogP contribution is -1.69. The number of nitrogens with zero attached hydrogens (tertiary/aromatic N) is 1. The predicted octanol–water partition coefficient (Wildman–Crippen LogP) is 2.84. The summed E-state index contributed by atoms with van der Waals surface area (Å²) in [6.45, 7) is 0. The van der Waals surface area contributed by atoms with Crippen molar-refractivity contribution in [3.8, 4) is 0 Å². The molecule has 0 spiro atoms. The molecule has 10 heavy (non-hydrogen) atoms. The van der Waals surface area contributed by atoms with Gasteiger partial charge in [-0.2, -0.15) is 0 Å². The van der Waals surface area contributed by atoms with E-state index in [1.54, 1.807) is 16.6 Å². The van der Waals surface area contributed by atoms with Gasteiger partial charge in [0.1, 0.15) is 0 Å². The van der Waals surface area contributed by atoms with Crippen molar-refractivity contribution in [1.29, 1.82) is 0 Å². The maximum Gasteiger partial charge on any atom is 0.0975 e. The van der Waals surface area contributed by atoms with Crippen LogP contribution in [-0.2, 0) is 0 Å². The molecule has 0 amide bonds. The second kappa shape index (κ2) is 3.82. The average Bonchev–Trinajstić information content (AvgIpc) is 1.94. The van der Waals surface area contributed by atoms with Gasteiger partial charge < -0.3 is 4.98 Å². The standard InChI is InChI=1S/C6H5IN2S/c7-4-9-5-3-8-2-1-6(5)10/h1-4H,(H,8,10).